The van der Waals surface area contributed by atoms with Gasteiger partial charge in [0.2, 0.25) is 0 Å². The highest BCUT2D eigenvalue weighted by Gasteiger charge is 2.49. The van der Waals surface area contributed by atoms with Gasteiger partial charge in [0.25, 0.3) is 0 Å². The van der Waals surface area contributed by atoms with Crippen LogP contribution in [0.25, 0.3) is 5.57 Å². The zero-order chi connectivity index (χ0) is 30.7. The van der Waals surface area contributed by atoms with Gasteiger partial charge in [0, 0.05) is 23.0 Å². The third kappa shape index (κ3) is 5.86. The Morgan fingerprint density at radius 2 is 1.86 bits per heavy atom. The van der Waals surface area contributed by atoms with Crippen molar-refractivity contribution in [3.05, 3.63) is 63.7 Å². The second kappa shape index (κ2) is 11.1. The summed E-state index contributed by atoms with van der Waals surface area (Å²) in [6.07, 6.45) is 2.97. The predicted molar refractivity (Wildman–Crippen MR) is 161 cm³/mol. The second-order valence-electron chi connectivity index (χ2n) is 14.3. The minimum absolute atomic E-state index is 0.00723. The van der Waals surface area contributed by atoms with Gasteiger partial charge in [0.1, 0.15) is 6.10 Å². The van der Waals surface area contributed by atoms with Crippen LogP contribution in [0.3, 0.4) is 0 Å². The largest absolute Gasteiger partial charge is 0.417 e. The molecule has 0 radical (unpaired) electrons. The Kier molecular flexibility index (Phi) is 8.31. The molecule has 0 aromatic carbocycles. The number of aliphatic hydroxyl groups excluding tert-OH is 1. The van der Waals surface area contributed by atoms with Crippen molar-refractivity contribution >= 4 is 13.9 Å². The Hall–Kier alpha value is -2.07. The summed E-state index contributed by atoms with van der Waals surface area (Å²) in [5.74, 6) is -0.0207. The molecule has 230 valence electrons. The molecule has 0 saturated heterocycles. The van der Waals surface area contributed by atoms with Crippen LogP contribution < -0.4 is 0 Å². The van der Waals surface area contributed by atoms with Gasteiger partial charge in [-0.2, -0.15) is 13.2 Å². The SMILES string of the molecule is CC(C)c1nc2c(c(C3=CCOCC3)c1[C@H](O)c1ccc(C(F)(F)F)cn1)[C@@H](O[Si](C)(C)C(C)(C)C)CC1(CCC1)C2. The van der Waals surface area contributed by atoms with E-state index in [4.69, 9.17) is 14.1 Å². The molecule has 5 nitrogen and oxygen atoms in total. The molecule has 1 saturated carbocycles. The van der Waals surface area contributed by atoms with Crippen molar-refractivity contribution in [1.82, 2.24) is 9.97 Å². The highest BCUT2D eigenvalue weighted by atomic mass is 28.4. The molecule has 3 aliphatic rings. The first kappa shape index (κ1) is 31.4. The van der Waals surface area contributed by atoms with Crippen molar-refractivity contribution in [1.29, 1.82) is 0 Å². The molecule has 1 fully saturated rings. The van der Waals surface area contributed by atoms with E-state index in [0.29, 0.717) is 25.2 Å². The van der Waals surface area contributed by atoms with E-state index in [2.05, 4.69) is 58.8 Å². The van der Waals surface area contributed by atoms with Gasteiger partial charge in [0.05, 0.1) is 36.3 Å². The van der Waals surface area contributed by atoms with Gasteiger partial charge in [-0.1, -0.05) is 47.1 Å². The maximum atomic E-state index is 13.3. The first-order valence-electron chi connectivity index (χ1n) is 15.3. The molecule has 0 unspecified atom stereocenters. The fourth-order valence-corrected chi connectivity index (χ4v) is 7.74. The third-order valence-electron chi connectivity index (χ3n) is 10.0. The van der Waals surface area contributed by atoms with Gasteiger partial charge in [-0.3, -0.25) is 9.97 Å². The highest BCUT2D eigenvalue weighted by Crippen LogP contribution is 2.57. The van der Waals surface area contributed by atoms with Crippen LogP contribution in [0.4, 0.5) is 13.2 Å². The third-order valence-corrected chi connectivity index (χ3v) is 14.5. The molecule has 2 atom stereocenters. The molecule has 1 spiro atoms. The quantitative estimate of drug-likeness (QED) is 0.335. The molecular formula is C33H45F3N2O3Si. The summed E-state index contributed by atoms with van der Waals surface area (Å²) < 4.78 is 52.9. The van der Waals surface area contributed by atoms with Gasteiger partial charge in [-0.05, 0) is 84.8 Å². The van der Waals surface area contributed by atoms with E-state index in [1.165, 1.54) is 12.5 Å². The lowest BCUT2D eigenvalue weighted by molar-refractivity contribution is -0.137. The van der Waals surface area contributed by atoms with E-state index in [-0.39, 0.29) is 28.2 Å². The van der Waals surface area contributed by atoms with Crippen LogP contribution in [0.1, 0.15) is 124 Å². The van der Waals surface area contributed by atoms with Crippen molar-refractivity contribution in [3.8, 4) is 0 Å². The normalized spacial score (nSPS) is 21.6. The first-order chi connectivity index (χ1) is 19.5. The fourth-order valence-electron chi connectivity index (χ4n) is 6.48. The molecule has 2 aliphatic carbocycles. The number of pyridine rings is 2. The maximum absolute atomic E-state index is 13.3. The second-order valence-corrected chi connectivity index (χ2v) is 19.1. The van der Waals surface area contributed by atoms with Crippen molar-refractivity contribution < 1.29 is 27.4 Å². The number of alkyl halides is 3. The Labute approximate surface area is 249 Å². The van der Waals surface area contributed by atoms with E-state index in [0.717, 1.165) is 66.0 Å². The molecule has 42 heavy (non-hydrogen) atoms. The van der Waals surface area contributed by atoms with Crippen molar-refractivity contribution in [2.45, 2.75) is 116 Å². The Morgan fingerprint density at radius 3 is 2.36 bits per heavy atom. The summed E-state index contributed by atoms with van der Waals surface area (Å²) in [6.45, 7) is 16.4. The van der Waals surface area contributed by atoms with Gasteiger partial charge in [0.15, 0.2) is 8.32 Å². The number of ether oxygens (including phenoxy) is 1. The summed E-state index contributed by atoms with van der Waals surface area (Å²) in [5.41, 5.74) is 5.04. The summed E-state index contributed by atoms with van der Waals surface area (Å²) >= 11 is 0. The number of aromatic nitrogens is 2. The molecule has 5 rings (SSSR count). The zero-order valence-corrected chi connectivity index (χ0v) is 27.0. The fraction of sp³-hybridized carbons (Fsp3) is 0.636. The molecule has 0 amide bonds. The Morgan fingerprint density at radius 1 is 1.14 bits per heavy atom. The van der Waals surface area contributed by atoms with Crippen LogP contribution in [0.2, 0.25) is 18.1 Å². The molecule has 0 bridgehead atoms. The molecule has 2 aromatic heterocycles. The summed E-state index contributed by atoms with van der Waals surface area (Å²) in [4.78, 5) is 9.41. The van der Waals surface area contributed by atoms with Gasteiger partial charge >= 0.3 is 6.18 Å². The van der Waals surface area contributed by atoms with Crippen LogP contribution >= 0.6 is 0 Å². The van der Waals surface area contributed by atoms with E-state index in [1.807, 2.05) is 0 Å². The van der Waals surface area contributed by atoms with E-state index in [1.54, 1.807) is 0 Å². The Balaban J connectivity index is 1.75. The minimum atomic E-state index is -4.50. The molecule has 1 N–H and O–H groups in total. The standard InChI is InChI=1S/C33H45F3N2O3Si/c1-20(2)29-28(30(39)23-10-9-22(19-37-23)33(34,35)36)26(21-11-15-40-16-12-21)27-24(38-29)17-32(13-8-14-32)18-25(27)41-42(6,7)31(3,4)5/h9-11,19-20,25,30,39H,8,12-18H2,1-7H3/t25-,30+/m0/s1. The number of aliphatic hydroxyl groups is 1. The minimum Gasteiger partial charge on any atom is -0.410 e. The van der Waals surface area contributed by atoms with Crippen LogP contribution in [-0.4, -0.2) is 36.6 Å². The van der Waals surface area contributed by atoms with E-state index >= 15 is 0 Å². The molecule has 1 aliphatic heterocycles. The summed E-state index contributed by atoms with van der Waals surface area (Å²) in [5, 5.41) is 12.0. The number of fused-ring (bicyclic) bond motifs is 1. The van der Waals surface area contributed by atoms with Crippen LogP contribution in [0, 0.1) is 5.41 Å². The average Bonchev–Trinajstić information content (AvgIpc) is 2.89. The molecule has 2 aromatic rings. The van der Waals surface area contributed by atoms with E-state index < -0.39 is 26.2 Å². The Bertz CT molecular complexity index is 1340. The highest BCUT2D eigenvalue weighted by molar-refractivity contribution is 6.74. The first-order valence-corrected chi connectivity index (χ1v) is 18.2. The smallest absolute Gasteiger partial charge is 0.410 e. The maximum Gasteiger partial charge on any atom is 0.417 e. The van der Waals surface area contributed by atoms with Crippen LogP contribution in [0.5, 0.6) is 0 Å². The number of nitrogens with zero attached hydrogens (tertiary/aromatic N) is 2. The number of halogens is 3. The molecule has 9 heteroatoms. The number of hydrogen-bond acceptors (Lipinski definition) is 5. The van der Waals surface area contributed by atoms with Crippen LogP contribution in [-0.2, 0) is 21.8 Å². The van der Waals surface area contributed by atoms with E-state index in [9.17, 15) is 18.3 Å². The number of hydrogen-bond donors (Lipinski definition) is 1. The number of rotatable bonds is 6. The summed E-state index contributed by atoms with van der Waals surface area (Å²) in [6, 6.07) is 2.27. The van der Waals surface area contributed by atoms with Gasteiger partial charge in [-0.25, -0.2) is 0 Å². The van der Waals surface area contributed by atoms with Crippen molar-refractivity contribution in [3.63, 3.8) is 0 Å². The lowest BCUT2D eigenvalue weighted by Crippen LogP contribution is -2.46. The van der Waals surface area contributed by atoms with Crippen molar-refractivity contribution in [2.75, 3.05) is 13.2 Å². The molecular weight excluding hydrogens is 557 g/mol. The summed E-state index contributed by atoms with van der Waals surface area (Å²) in [7, 11) is -2.21. The average molecular weight is 603 g/mol. The predicted octanol–water partition coefficient (Wildman–Crippen LogP) is 8.68. The monoisotopic (exact) mass is 602 g/mol. The van der Waals surface area contributed by atoms with Gasteiger partial charge in [-0.15, -0.1) is 0 Å². The molecule has 3 heterocycles. The van der Waals surface area contributed by atoms with Crippen LogP contribution in [0.15, 0.2) is 24.4 Å². The topological polar surface area (TPSA) is 64.5 Å². The van der Waals surface area contributed by atoms with Crippen molar-refractivity contribution in [2.24, 2.45) is 5.41 Å². The lowest BCUT2D eigenvalue weighted by atomic mass is 9.59. The lowest BCUT2D eigenvalue weighted by Gasteiger charge is -2.51. The van der Waals surface area contributed by atoms with Gasteiger partial charge < -0.3 is 14.3 Å². The zero-order valence-electron chi connectivity index (χ0n) is 26.0.